The molecule has 0 aliphatic carbocycles. The van der Waals surface area contributed by atoms with E-state index in [2.05, 4.69) is 10.2 Å². The van der Waals surface area contributed by atoms with Crippen molar-refractivity contribution < 1.29 is 21.9 Å². The molecular formula is C10H18N4O5S2. The van der Waals surface area contributed by atoms with E-state index in [9.17, 15) is 21.9 Å². The molecule has 1 aliphatic rings. The zero-order valence-electron chi connectivity index (χ0n) is 11.8. The molecule has 1 fully saturated rings. The van der Waals surface area contributed by atoms with Crippen LogP contribution in [0.5, 0.6) is 0 Å². The van der Waals surface area contributed by atoms with E-state index in [4.69, 9.17) is 0 Å². The summed E-state index contributed by atoms with van der Waals surface area (Å²) in [6.07, 6.45) is 1.10. The van der Waals surface area contributed by atoms with Crippen molar-refractivity contribution >= 4 is 20.0 Å². The molecule has 0 radical (unpaired) electrons. The first-order valence-electron chi connectivity index (χ1n) is 6.28. The number of aromatic amines is 1. The lowest BCUT2D eigenvalue weighted by molar-refractivity contribution is 0.267. The van der Waals surface area contributed by atoms with Gasteiger partial charge in [-0.25, -0.2) is 16.8 Å². The molecular weight excluding hydrogens is 320 g/mol. The summed E-state index contributed by atoms with van der Waals surface area (Å²) in [6.45, 7) is 1.45. The summed E-state index contributed by atoms with van der Waals surface area (Å²) >= 11 is 0. The number of hydrogen-bond donors (Lipinski definition) is 2. The van der Waals surface area contributed by atoms with Crippen molar-refractivity contribution in [1.29, 1.82) is 0 Å². The molecule has 0 amide bonds. The third-order valence-corrected chi connectivity index (χ3v) is 6.78. The number of hydrogen-bond acceptors (Lipinski definition) is 6. The summed E-state index contributed by atoms with van der Waals surface area (Å²) in [5, 5.41) is 15.5. The van der Waals surface area contributed by atoms with E-state index >= 15 is 0 Å². The Morgan fingerprint density at radius 2 is 1.67 bits per heavy atom. The minimum Gasteiger partial charge on any atom is -0.390 e. The normalized spacial score (nSPS) is 19.0. The van der Waals surface area contributed by atoms with E-state index in [1.54, 1.807) is 6.92 Å². The largest absolute Gasteiger partial charge is 0.390 e. The van der Waals surface area contributed by atoms with Gasteiger partial charge in [-0.3, -0.25) is 5.10 Å². The average Bonchev–Trinajstić information content (AvgIpc) is 2.79. The van der Waals surface area contributed by atoms with Crippen molar-refractivity contribution in [2.24, 2.45) is 0 Å². The number of H-pyrrole nitrogens is 1. The van der Waals surface area contributed by atoms with Gasteiger partial charge in [0.1, 0.15) is 10.6 Å². The van der Waals surface area contributed by atoms with Crippen molar-refractivity contribution in [2.45, 2.75) is 18.4 Å². The van der Waals surface area contributed by atoms with E-state index in [1.807, 2.05) is 0 Å². The predicted molar refractivity (Wildman–Crippen MR) is 74.4 cm³/mol. The zero-order valence-corrected chi connectivity index (χ0v) is 13.4. The van der Waals surface area contributed by atoms with Crippen molar-refractivity contribution in [3.63, 3.8) is 0 Å². The van der Waals surface area contributed by atoms with Crippen molar-refractivity contribution in [1.82, 2.24) is 18.8 Å². The lowest BCUT2D eigenvalue weighted by Crippen LogP contribution is -2.50. The van der Waals surface area contributed by atoms with Crippen molar-refractivity contribution in [3.05, 3.63) is 11.4 Å². The van der Waals surface area contributed by atoms with E-state index in [1.165, 1.54) is 8.61 Å². The Kier molecular flexibility index (Phi) is 4.40. The molecule has 0 unspecified atom stereocenters. The van der Waals surface area contributed by atoms with E-state index in [0.29, 0.717) is 5.69 Å². The molecule has 0 spiro atoms. The monoisotopic (exact) mass is 338 g/mol. The molecule has 2 rings (SSSR count). The summed E-state index contributed by atoms with van der Waals surface area (Å²) in [5.74, 6) is 0. The van der Waals surface area contributed by atoms with Crippen LogP contribution in [0, 0.1) is 6.92 Å². The molecule has 0 atom stereocenters. The first-order valence-corrected chi connectivity index (χ1v) is 9.56. The first-order chi connectivity index (χ1) is 9.67. The number of piperazine rings is 1. The molecule has 2 N–H and O–H groups in total. The lowest BCUT2D eigenvalue weighted by atomic mass is 10.4. The Balaban J connectivity index is 2.25. The second kappa shape index (κ2) is 5.65. The lowest BCUT2D eigenvalue weighted by Gasteiger charge is -2.32. The molecule has 11 heteroatoms. The smallest absolute Gasteiger partial charge is 0.246 e. The Bertz CT molecular complexity index is 717. The maximum atomic E-state index is 12.6. The number of aliphatic hydroxyl groups excluding tert-OH is 1. The first kappa shape index (κ1) is 16.4. The highest BCUT2D eigenvalue weighted by Gasteiger charge is 2.34. The summed E-state index contributed by atoms with van der Waals surface area (Å²) in [7, 11) is -7.12. The number of nitrogens with zero attached hydrogens (tertiary/aromatic N) is 3. The predicted octanol–water partition coefficient (Wildman–Crippen LogP) is -1.52. The van der Waals surface area contributed by atoms with Gasteiger partial charge in [-0.15, -0.1) is 0 Å². The fourth-order valence-electron chi connectivity index (χ4n) is 2.29. The maximum absolute atomic E-state index is 12.6. The Morgan fingerprint density at radius 3 is 2.14 bits per heavy atom. The van der Waals surface area contributed by atoms with Crippen LogP contribution in [0.1, 0.15) is 11.4 Å². The van der Waals surface area contributed by atoms with E-state index < -0.39 is 26.7 Å². The Morgan fingerprint density at radius 1 is 1.14 bits per heavy atom. The second-order valence-electron chi connectivity index (χ2n) is 4.85. The Labute approximate surface area is 123 Å². The summed E-state index contributed by atoms with van der Waals surface area (Å²) in [5.41, 5.74) is 0.419. The van der Waals surface area contributed by atoms with Gasteiger partial charge in [0.25, 0.3) is 0 Å². The third-order valence-electron chi connectivity index (χ3n) is 3.38. The maximum Gasteiger partial charge on any atom is 0.246 e. The van der Waals surface area contributed by atoms with Gasteiger partial charge in [-0.1, -0.05) is 0 Å². The van der Waals surface area contributed by atoms with Crippen LogP contribution >= 0.6 is 0 Å². The molecule has 0 aromatic carbocycles. The van der Waals surface area contributed by atoms with Crippen LogP contribution in [0.3, 0.4) is 0 Å². The second-order valence-corrected chi connectivity index (χ2v) is 8.71. The molecule has 2 heterocycles. The number of rotatable bonds is 4. The standard InChI is InChI=1S/C10H18N4O5S2/c1-8-10(9(7-15)12-11-8)21(18,19)14-5-3-13(4-6-14)20(2,16)17/h15H,3-7H2,1-2H3,(H,11,12). The van der Waals surface area contributed by atoms with E-state index in [0.717, 1.165) is 6.26 Å². The molecule has 21 heavy (non-hydrogen) atoms. The average molecular weight is 338 g/mol. The summed E-state index contributed by atoms with van der Waals surface area (Å²) in [6, 6.07) is 0. The van der Waals surface area contributed by atoms with Gasteiger partial charge in [-0.2, -0.15) is 13.7 Å². The minimum absolute atomic E-state index is 0.0298. The molecule has 0 saturated carbocycles. The van der Waals surface area contributed by atoms with Crippen LogP contribution in [0.2, 0.25) is 0 Å². The molecule has 1 aromatic heterocycles. The van der Waals surface area contributed by atoms with Crippen molar-refractivity contribution in [3.8, 4) is 0 Å². The van der Waals surface area contributed by atoms with Crippen LogP contribution in [-0.4, -0.2) is 73.2 Å². The molecule has 9 nitrogen and oxygen atoms in total. The number of aromatic nitrogens is 2. The van der Waals surface area contributed by atoms with Crippen LogP contribution in [0.15, 0.2) is 4.90 Å². The quantitative estimate of drug-likeness (QED) is 0.687. The number of aryl methyl sites for hydroxylation is 1. The molecule has 1 aromatic rings. The third kappa shape index (κ3) is 3.11. The Hall–Kier alpha value is -1.01. The van der Waals surface area contributed by atoms with Crippen LogP contribution in [-0.2, 0) is 26.7 Å². The summed E-state index contributed by atoms with van der Waals surface area (Å²) in [4.78, 5) is -0.0298. The van der Waals surface area contributed by atoms with Gasteiger partial charge in [0.05, 0.1) is 18.6 Å². The van der Waals surface area contributed by atoms with Gasteiger partial charge in [-0.05, 0) is 6.92 Å². The van der Waals surface area contributed by atoms with Crippen LogP contribution in [0.4, 0.5) is 0 Å². The fraction of sp³-hybridized carbons (Fsp3) is 0.700. The number of aliphatic hydroxyl groups is 1. The van der Waals surface area contributed by atoms with Gasteiger partial charge in [0.2, 0.25) is 20.0 Å². The van der Waals surface area contributed by atoms with Crippen molar-refractivity contribution in [2.75, 3.05) is 32.4 Å². The highest BCUT2D eigenvalue weighted by molar-refractivity contribution is 7.89. The van der Waals surface area contributed by atoms with Gasteiger partial charge in [0.15, 0.2) is 0 Å². The van der Waals surface area contributed by atoms with Crippen LogP contribution in [0.25, 0.3) is 0 Å². The number of nitrogens with one attached hydrogen (secondary N) is 1. The molecule has 1 aliphatic heterocycles. The molecule has 0 bridgehead atoms. The minimum atomic E-state index is -3.80. The topological polar surface area (TPSA) is 124 Å². The SMILES string of the molecule is Cc1[nH]nc(CO)c1S(=O)(=O)N1CCN(S(C)(=O)=O)CC1. The summed E-state index contributed by atoms with van der Waals surface area (Å²) < 4.78 is 50.5. The fourth-order valence-corrected chi connectivity index (χ4v) is 4.86. The highest BCUT2D eigenvalue weighted by atomic mass is 32.2. The molecule has 1 saturated heterocycles. The number of sulfonamides is 2. The molecule has 120 valence electrons. The van der Waals surface area contributed by atoms with Gasteiger partial charge >= 0.3 is 0 Å². The van der Waals surface area contributed by atoms with E-state index in [-0.39, 0.29) is 36.8 Å². The van der Waals surface area contributed by atoms with Crippen LogP contribution < -0.4 is 0 Å². The van der Waals surface area contributed by atoms with Gasteiger partial charge < -0.3 is 5.11 Å². The van der Waals surface area contributed by atoms with Gasteiger partial charge in [0, 0.05) is 26.2 Å². The highest BCUT2D eigenvalue weighted by Crippen LogP contribution is 2.23. The zero-order chi connectivity index (χ0) is 15.8.